The number of hydrogen-bond acceptors (Lipinski definition) is 7. The van der Waals surface area contributed by atoms with Gasteiger partial charge in [0.1, 0.15) is 11.6 Å². The summed E-state index contributed by atoms with van der Waals surface area (Å²) in [5, 5.41) is 0.741. The van der Waals surface area contributed by atoms with Crippen LogP contribution in [0.3, 0.4) is 0 Å². The van der Waals surface area contributed by atoms with Crippen LogP contribution in [0.15, 0.2) is 41.2 Å². The summed E-state index contributed by atoms with van der Waals surface area (Å²) < 4.78 is 8.05. The molecule has 29 heavy (non-hydrogen) atoms. The third-order valence-corrected chi connectivity index (χ3v) is 6.99. The second-order valence-electron chi connectivity index (χ2n) is 6.84. The van der Waals surface area contributed by atoms with Crippen LogP contribution in [0.5, 0.6) is 0 Å². The van der Waals surface area contributed by atoms with Gasteiger partial charge in [-0.3, -0.25) is 9.20 Å². The van der Waals surface area contributed by atoms with Crippen molar-refractivity contribution in [2.75, 3.05) is 0 Å². The molecule has 0 N–H and O–H groups in total. The standard InChI is InChI=1S/C21H17N3O3S2/c25-19-11-13(22-21-24(19)15-6-2-4-8-17(15)29-21)12-27-20(26)10-9-18-23-14-5-1-3-7-16(14)28-18/h1,3,5,7,9-11H,2,4,6,8,12H2/b10-9+. The number of aryl methyl sites for hydroxylation is 2. The predicted molar refractivity (Wildman–Crippen MR) is 114 cm³/mol. The zero-order valence-electron chi connectivity index (χ0n) is 15.5. The fourth-order valence-corrected chi connectivity index (χ4v) is 5.61. The van der Waals surface area contributed by atoms with E-state index in [0.717, 1.165) is 46.6 Å². The Morgan fingerprint density at radius 2 is 2.03 bits per heavy atom. The van der Waals surface area contributed by atoms with Crippen molar-refractivity contribution in [1.82, 2.24) is 14.4 Å². The first-order chi connectivity index (χ1) is 14.2. The lowest BCUT2D eigenvalue weighted by atomic mass is 10.0. The van der Waals surface area contributed by atoms with Gasteiger partial charge in [-0.1, -0.05) is 12.1 Å². The summed E-state index contributed by atoms with van der Waals surface area (Å²) in [6, 6.07) is 9.27. The molecular weight excluding hydrogens is 406 g/mol. The van der Waals surface area contributed by atoms with Gasteiger partial charge in [-0.15, -0.1) is 22.7 Å². The maximum atomic E-state index is 12.5. The Labute approximate surface area is 174 Å². The molecule has 146 valence electrons. The predicted octanol–water partition coefficient (Wildman–Crippen LogP) is 4.00. The third-order valence-electron chi connectivity index (χ3n) is 4.85. The molecule has 0 amide bonds. The van der Waals surface area contributed by atoms with Crippen molar-refractivity contribution in [3.8, 4) is 0 Å². The molecule has 1 aliphatic carbocycles. The molecule has 0 saturated heterocycles. The van der Waals surface area contributed by atoms with E-state index in [2.05, 4.69) is 9.97 Å². The third kappa shape index (κ3) is 3.61. The lowest BCUT2D eigenvalue weighted by molar-refractivity contribution is -0.139. The second kappa shape index (κ2) is 7.53. The van der Waals surface area contributed by atoms with E-state index in [-0.39, 0.29) is 12.2 Å². The van der Waals surface area contributed by atoms with E-state index in [0.29, 0.717) is 10.7 Å². The van der Waals surface area contributed by atoms with Gasteiger partial charge in [0.2, 0.25) is 0 Å². The number of para-hydroxylation sites is 1. The van der Waals surface area contributed by atoms with Gasteiger partial charge >= 0.3 is 5.97 Å². The Morgan fingerprint density at radius 3 is 2.93 bits per heavy atom. The molecular formula is C21H17N3O3S2. The molecule has 5 rings (SSSR count). The number of fused-ring (bicyclic) bond motifs is 4. The van der Waals surface area contributed by atoms with E-state index in [9.17, 15) is 9.59 Å². The molecule has 3 aromatic heterocycles. The van der Waals surface area contributed by atoms with Gasteiger partial charge in [0.25, 0.3) is 5.56 Å². The van der Waals surface area contributed by atoms with Gasteiger partial charge in [0, 0.05) is 22.7 Å². The summed E-state index contributed by atoms with van der Waals surface area (Å²) in [7, 11) is 0. The molecule has 8 heteroatoms. The Bertz CT molecular complexity index is 1280. The van der Waals surface area contributed by atoms with Crippen LogP contribution in [0.2, 0.25) is 0 Å². The molecule has 0 saturated carbocycles. The van der Waals surface area contributed by atoms with E-state index < -0.39 is 5.97 Å². The Morgan fingerprint density at radius 1 is 1.17 bits per heavy atom. The number of rotatable bonds is 4. The summed E-state index contributed by atoms with van der Waals surface area (Å²) in [6.07, 6.45) is 7.18. The summed E-state index contributed by atoms with van der Waals surface area (Å²) >= 11 is 3.07. The first-order valence-corrected chi connectivity index (χ1v) is 11.0. The average molecular weight is 424 g/mol. The highest BCUT2D eigenvalue weighted by molar-refractivity contribution is 7.19. The number of thiazole rings is 2. The molecule has 1 aliphatic rings. The molecule has 0 radical (unpaired) electrons. The Hall–Kier alpha value is -2.84. The maximum absolute atomic E-state index is 12.5. The van der Waals surface area contributed by atoms with E-state index in [1.165, 1.54) is 28.4 Å². The van der Waals surface area contributed by atoms with E-state index in [4.69, 9.17) is 4.74 Å². The van der Waals surface area contributed by atoms with Gasteiger partial charge in [-0.2, -0.15) is 0 Å². The van der Waals surface area contributed by atoms with Crippen molar-refractivity contribution < 1.29 is 9.53 Å². The van der Waals surface area contributed by atoms with Gasteiger partial charge < -0.3 is 4.74 Å². The summed E-state index contributed by atoms with van der Waals surface area (Å²) in [5.41, 5.74) is 2.36. The van der Waals surface area contributed by atoms with E-state index in [1.54, 1.807) is 21.8 Å². The van der Waals surface area contributed by atoms with Crippen LogP contribution in [-0.2, 0) is 29.0 Å². The molecule has 0 unspecified atom stereocenters. The minimum atomic E-state index is -0.489. The molecule has 6 nitrogen and oxygen atoms in total. The topological polar surface area (TPSA) is 73.6 Å². The van der Waals surface area contributed by atoms with Crippen molar-refractivity contribution >= 4 is 49.9 Å². The molecule has 4 aromatic rings. The maximum Gasteiger partial charge on any atom is 0.331 e. The van der Waals surface area contributed by atoms with Crippen molar-refractivity contribution in [1.29, 1.82) is 0 Å². The minimum absolute atomic E-state index is 0.0304. The number of nitrogens with zero attached hydrogens (tertiary/aromatic N) is 3. The van der Waals surface area contributed by atoms with Crippen LogP contribution in [-0.4, -0.2) is 20.3 Å². The lowest BCUT2D eigenvalue weighted by Crippen LogP contribution is -2.18. The molecule has 0 atom stereocenters. The quantitative estimate of drug-likeness (QED) is 0.366. The highest BCUT2D eigenvalue weighted by Gasteiger charge is 2.18. The number of benzene rings is 1. The van der Waals surface area contributed by atoms with Crippen molar-refractivity contribution in [3.05, 3.63) is 68.0 Å². The minimum Gasteiger partial charge on any atom is -0.456 e. The first-order valence-electron chi connectivity index (χ1n) is 9.41. The number of ether oxygens (including phenoxy) is 1. The van der Waals surface area contributed by atoms with Gasteiger partial charge in [0.15, 0.2) is 4.96 Å². The van der Waals surface area contributed by atoms with E-state index >= 15 is 0 Å². The molecule has 0 fully saturated rings. The zero-order chi connectivity index (χ0) is 19.8. The molecule has 3 heterocycles. The SMILES string of the molecule is O=C(/C=C/c1nc2ccccc2s1)OCc1cc(=O)n2c3c(sc2n1)CCCC3. The monoisotopic (exact) mass is 423 g/mol. The van der Waals surface area contributed by atoms with E-state index in [1.807, 2.05) is 24.3 Å². The smallest absolute Gasteiger partial charge is 0.331 e. The van der Waals surface area contributed by atoms with Crippen LogP contribution in [0.1, 0.15) is 34.1 Å². The zero-order valence-corrected chi connectivity index (χ0v) is 17.1. The number of hydrogen-bond donors (Lipinski definition) is 0. The molecule has 0 aliphatic heterocycles. The Balaban J connectivity index is 1.29. The second-order valence-corrected chi connectivity index (χ2v) is 8.97. The van der Waals surface area contributed by atoms with Crippen LogP contribution in [0.25, 0.3) is 21.3 Å². The lowest BCUT2D eigenvalue weighted by Gasteiger charge is -2.10. The van der Waals surface area contributed by atoms with Crippen molar-refractivity contribution in [3.63, 3.8) is 0 Å². The molecule has 0 spiro atoms. The van der Waals surface area contributed by atoms with Gasteiger partial charge in [0.05, 0.1) is 15.9 Å². The fourth-order valence-electron chi connectivity index (χ4n) is 3.51. The van der Waals surface area contributed by atoms with Crippen LogP contribution >= 0.6 is 22.7 Å². The fraction of sp³-hybridized carbons (Fsp3) is 0.238. The molecule has 0 bridgehead atoms. The summed E-state index contributed by atoms with van der Waals surface area (Å²) in [4.78, 5) is 35.5. The largest absolute Gasteiger partial charge is 0.456 e. The normalized spacial score (nSPS) is 13.9. The highest BCUT2D eigenvalue weighted by atomic mass is 32.1. The average Bonchev–Trinajstić information content (AvgIpc) is 3.31. The number of aromatic nitrogens is 3. The highest BCUT2D eigenvalue weighted by Crippen LogP contribution is 2.28. The van der Waals surface area contributed by atoms with Crippen molar-refractivity contribution in [2.24, 2.45) is 0 Å². The number of carbonyl (C=O) groups excluding carboxylic acids is 1. The number of carbonyl (C=O) groups is 1. The van der Waals surface area contributed by atoms with Gasteiger partial charge in [-0.05, 0) is 43.9 Å². The number of esters is 1. The van der Waals surface area contributed by atoms with Crippen LogP contribution < -0.4 is 5.56 Å². The summed E-state index contributed by atoms with van der Waals surface area (Å²) in [6.45, 7) is -0.0304. The molecule has 1 aromatic carbocycles. The van der Waals surface area contributed by atoms with Crippen LogP contribution in [0, 0.1) is 0 Å². The van der Waals surface area contributed by atoms with Crippen LogP contribution in [0.4, 0.5) is 0 Å². The summed E-state index contributed by atoms with van der Waals surface area (Å²) in [5.74, 6) is -0.489. The Kier molecular flexibility index (Phi) is 4.73. The first kappa shape index (κ1) is 18.2. The van der Waals surface area contributed by atoms with Crippen molar-refractivity contribution in [2.45, 2.75) is 32.3 Å². The van der Waals surface area contributed by atoms with Gasteiger partial charge in [-0.25, -0.2) is 14.8 Å².